The Labute approximate surface area is 179 Å². The number of ether oxygens (including phenoxy) is 1. The van der Waals surface area contributed by atoms with E-state index in [0.717, 1.165) is 32.9 Å². The molecular formula is C24H26N4O3. The van der Waals surface area contributed by atoms with Crippen molar-refractivity contribution in [3.63, 3.8) is 0 Å². The Bertz CT molecular complexity index is 1380. The van der Waals surface area contributed by atoms with Crippen LogP contribution in [0, 0.1) is 13.8 Å². The lowest BCUT2D eigenvalue weighted by Crippen LogP contribution is -2.32. The molecule has 1 aliphatic heterocycles. The van der Waals surface area contributed by atoms with Crippen molar-refractivity contribution in [3.05, 3.63) is 74.6 Å². The fourth-order valence-electron chi connectivity index (χ4n) is 3.78. The van der Waals surface area contributed by atoms with Crippen LogP contribution in [0.4, 0.5) is 0 Å². The van der Waals surface area contributed by atoms with Gasteiger partial charge in [0.2, 0.25) is 0 Å². The smallest absolute Gasteiger partial charge is 0.254 e. The van der Waals surface area contributed by atoms with Crippen molar-refractivity contribution in [1.29, 1.82) is 0 Å². The monoisotopic (exact) mass is 418 g/mol. The van der Waals surface area contributed by atoms with Crippen molar-refractivity contribution >= 4 is 23.3 Å². The number of hydrogen-bond donors (Lipinski definition) is 4. The lowest BCUT2D eigenvalue weighted by atomic mass is 10.1. The van der Waals surface area contributed by atoms with E-state index < -0.39 is 0 Å². The number of nitrogens with one attached hydrogen (secondary N) is 3. The van der Waals surface area contributed by atoms with Gasteiger partial charge in [0.1, 0.15) is 11.4 Å². The van der Waals surface area contributed by atoms with Crippen LogP contribution in [0.15, 0.2) is 41.4 Å². The lowest BCUT2D eigenvalue weighted by Gasteiger charge is -2.06. The summed E-state index contributed by atoms with van der Waals surface area (Å²) in [6.45, 7) is 4.49. The second-order valence-electron chi connectivity index (χ2n) is 7.54. The van der Waals surface area contributed by atoms with Crippen molar-refractivity contribution in [2.24, 2.45) is 4.99 Å². The number of aliphatic hydroxyl groups is 1. The second-order valence-corrected chi connectivity index (χ2v) is 7.54. The number of rotatable bonds is 6. The standard InChI is InChI=1S/C24H26N4O3/c1-14-11-15(2)26-18(14)12-19-21(31-3)13-20(27-19)23-22(24(30)25-9-6-10-29)16-7-4-5-8-17(16)28-23/h4-5,7-8,11-13,26-27,29H,6,9-10H2,1-3H3,(H,25,30)/b19-12?,23-20-. The molecule has 3 heterocycles. The Kier molecular flexibility index (Phi) is 5.77. The first kappa shape index (κ1) is 20.7. The number of H-pyrrole nitrogens is 2. The van der Waals surface area contributed by atoms with Crippen LogP contribution in [0.25, 0.3) is 17.3 Å². The zero-order chi connectivity index (χ0) is 22.0. The molecule has 0 aliphatic carbocycles. The SMILES string of the molecule is COc1c/c(=C2/N=c3ccccc3=C2C(=O)NCCCO)[nH]c1=Cc1[nH]c(C)cc1C. The van der Waals surface area contributed by atoms with E-state index in [0.29, 0.717) is 35.3 Å². The van der Waals surface area contributed by atoms with E-state index in [1.165, 1.54) is 0 Å². The molecule has 0 fully saturated rings. The van der Waals surface area contributed by atoms with Gasteiger partial charge in [0.15, 0.2) is 0 Å². The first-order valence-corrected chi connectivity index (χ1v) is 10.2. The molecule has 0 unspecified atom stereocenters. The van der Waals surface area contributed by atoms with Crippen molar-refractivity contribution in [1.82, 2.24) is 15.3 Å². The van der Waals surface area contributed by atoms with Gasteiger partial charge in [-0.1, -0.05) is 18.2 Å². The fourth-order valence-corrected chi connectivity index (χ4v) is 3.78. The molecule has 0 radical (unpaired) electrons. The van der Waals surface area contributed by atoms with Gasteiger partial charge < -0.3 is 25.1 Å². The van der Waals surface area contributed by atoms with E-state index in [-0.39, 0.29) is 12.5 Å². The van der Waals surface area contributed by atoms with Crippen LogP contribution in [0.3, 0.4) is 0 Å². The Hall–Kier alpha value is -3.58. The van der Waals surface area contributed by atoms with Crippen LogP contribution < -0.4 is 31.3 Å². The van der Waals surface area contributed by atoms with Crippen molar-refractivity contribution in [2.45, 2.75) is 20.3 Å². The highest BCUT2D eigenvalue weighted by Crippen LogP contribution is 2.15. The average Bonchev–Trinajstić information content (AvgIpc) is 3.42. The summed E-state index contributed by atoms with van der Waals surface area (Å²) < 4.78 is 5.59. The minimum Gasteiger partial charge on any atom is -0.494 e. The van der Waals surface area contributed by atoms with E-state index in [4.69, 9.17) is 14.8 Å². The zero-order valence-corrected chi connectivity index (χ0v) is 17.9. The minimum absolute atomic E-state index is 0.0256. The second kappa shape index (κ2) is 8.65. The number of aliphatic hydroxyl groups excluding tert-OH is 1. The summed E-state index contributed by atoms with van der Waals surface area (Å²) in [7, 11) is 1.62. The molecule has 4 N–H and O–H groups in total. The normalized spacial score (nSPS) is 15.1. The van der Waals surface area contributed by atoms with Crippen molar-refractivity contribution in [2.75, 3.05) is 20.3 Å². The maximum atomic E-state index is 13.0. The maximum absolute atomic E-state index is 13.0. The number of aromatic nitrogens is 2. The predicted molar refractivity (Wildman–Crippen MR) is 119 cm³/mol. The molecular weight excluding hydrogens is 392 g/mol. The molecule has 0 saturated heterocycles. The molecule has 7 nitrogen and oxygen atoms in total. The highest BCUT2D eigenvalue weighted by Gasteiger charge is 2.21. The van der Waals surface area contributed by atoms with Gasteiger partial charge >= 0.3 is 0 Å². The fraction of sp³-hybridized carbons (Fsp3) is 0.250. The zero-order valence-electron chi connectivity index (χ0n) is 17.9. The lowest BCUT2D eigenvalue weighted by molar-refractivity contribution is -0.115. The van der Waals surface area contributed by atoms with E-state index in [9.17, 15) is 4.79 Å². The Morgan fingerprint density at radius 2 is 2.03 bits per heavy atom. The first-order valence-electron chi connectivity index (χ1n) is 10.2. The number of para-hydroxylation sites is 1. The van der Waals surface area contributed by atoms with Crippen molar-refractivity contribution in [3.8, 4) is 5.75 Å². The number of methoxy groups -OCH3 is 1. The van der Waals surface area contributed by atoms with Crippen LogP contribution in [0.1, 0.15) is 23.4 Å². The number of aryl methyl sites for hydroxylation is 2. The number of fused-ring (bicyclic) bond motifs is 1. The minimum atomic E-state index is -0.216. The van der Waals surface area contributed by atoms with Gasteiger partial charge in [-0.05, 0) is 44.0 Å². The Morgan fingerprint density at radius 1 is 1.23 bits per heavy atom. The van der Waals surface area contributed by atoms with E-state index in [2.05, 4.69) is 21.4 Å². The van der Waals surface area contributed by atoms with Gasteiger partial charge in [-0.15, -0.1) is 0 Å². The van der Waals surface area contributed by atoms with Crippen LogP contribution in [0.5, 0.6) is 5.75 Å². The Morgan fingerprint density at radius 3 is 2.74 bits per heavy atom. The van der Waals surface area contributed by atoms with Gasteiger partial charge in [-0.3, -0.25) is 4.79 Å². The molecule has 3 aromatic rings. The highest BCUT2D eigenvalue weighted by molar-refractivity contribution is 6.27. The van der Waals surface area contributed by atoms with Gasteiger partial charge in [-0.2, -0.15) is 0 Å². The molecule has 31 heavy (non-hydrogen) atoms. The summed E-state index contributed by atoms with van der Waals surface area (Å²) in [6, 6.07) is 11.5. The van der Waals surface area contributed by atoms with Crippen molar-refractivity contribution < 1.29 is 14.6 Å². The molecule has 0 atom stereocenters. The number of benzene rings is 1. The summed E-state index contributed by atoms with van der Waals surface area (Å²) >= 11 is 0. The highest BCUT2D eigenvalue weighted by atomic mass is 16.5. The maximum Gasteiger partial charge on any atom is 0.254 e. The van der Waals surface area contributed by atoms with Gasteiger partial charge in [-0.25, -0.2) is 4.99 Å². The molecule has 2 aromatic heterocycles. The number of amides is 1. The molecule has 4 rings (SSSR count). The first-order chi connectivity index (χ1) is 15.0. The quantitative estimate of drug-likeness (QED) is 0.420. The van der Waals surface area contributed by atoms with Gasteiger partial charge in [0.25, 0.3) is 5.91 Å². The molecule has 0 spiro atoms. The summed E-state index contributed by atoms with van der Waals surface area (Å²) in [5.41, 5.74) is 4.29. The number of hydrogen-bond acceptors (Lipinski definition) is 4. The van der Waals surface area contributed by atoms with E-state index in [1.54, 1.807) is 7.11 Å². The van der Waals surface area contributed by atoms with Crippen LogP contribution in [0.2, 0.25) is 0 Å². The number of carbonyl (C=O) groups is 1. The number of aromatic amines is 2. The summed E-state index contributed by atoms with van der Waals surface area (Å²) in [5.74, 6) is 0.451. The van der Waals surface area contributed by atoms with E-state index >= 15 is 0 Å². The van der Waals surface area contributed by atoms with E-state index in [1.807, 2.05) is 50.3 Å². The van der Waals surface area contributed by atoms with Crippen LogP contribution in [-0.2, 0) is 4.79 Å². The van der Waals surface area contributed by atoms with Gasteiger partial charge in [0.05, 0.1) is 28.7 Å². The third kappa shape index (κ3) is 4.04. The third-order valence-electron chi connectivity index (χ3n) is 5.25. The van der Waals surface area contributed by atoms with Gasteiger partial charge in [0, 0.05) is 35.8 Å². The largest absolute Gasteiger partial charge is 0.494 e. The Balaban J connectivity index is 1.90. The molecule has 0 bridgehead atoms. The molecule has 160 valence electrons. The van der Waals surface area contributed by atoms with Crippen LogP contribution >= 0.6 is 0 Å². The molecule has 1 aromatic carbocycles. The molecule has 1 aliphatic rings. The summed E-state index contributed by atoms with van der Waals surface area (Å²) in [6.07, 6.45) is 2.49. The predicted octanol–water partition coefficient (Wildman–Crippen LogP) is -0.112. The molecule has 0 saturated carbocycles. The average molecular weight is 418 g/mol. The molecule has 1 amide bonds. The number of nitrogens with zero attached hydrogens (tertiary/aromatic N) is 1. The summed E-state index contributed by atoms with van der Waals surface area (Å²) in [5, 5.41) is 14.9. The molecule has 7 heteroatoms. The third-order valence-corrected chi connectivity index (χ3v) is 5.25. The topological polar surface area (TPSA) is 102 Å². The van der Waals surface area contributed by atoms with Crippen LogP contribution in [-0.4, -0.2) is 41.2 Å². The number of carbonyl (C=O) groups excluding carboxylic acids is 1. The summed E-state index contributed by atoms with van der Waals surface area (Å²) in [4.78, 5) is 24.4.